The number of hydrogen-bond acceptors (Lipinski definition) is 7. The molecular formula is C23H19N5OS2. The normalized spacial score (nSPS) is 11.2. The first-order valence-corrected chi connectivity index (χ1v) is 11.5. The highest BCUT2D eigenvalue weighted by molar-refractivity contribution is 7.98. The molecule has 0 fully saturated rings. The molecule has 0 unspecified atom stereocenters. The molecule has 0 radical (unpaired) electrons. The van der Waals surface area contributed by atoms with Crippen molar-refractivity contribution in [2.75, 3.05) is 7.11 Å². The first kappa shape index (κ1) is 19.7. The Morgan fingerprint density at radius 1 is 1.00 bits per heavy atom. The zero-order chi connectivity index (χ0) is 21.2. The fraction of sp³-hybridized carbons (Fsp3) is 0.130. The van der Waals surface area contributed by atoms with Gasteiger partial charge in [0.25, 0.3) is 0 Å². The minimum Gasteiger partial charge on any atom is -0.497 e. The van der Waals surface area contributed by atoms with Crippen LogP contribution in [0.1, 0.15) is 11.4 Å². The van der Waals surface area contributed by atoms with E-state index in [0.29, 0.717) is 0 Å². The Labute approximate surface area is 188 Å². The molecule has 6 nitrogen and oxygen atoms in total. The molecule has 0 saturated heterocycles. The summed E-state index contributed by atoms with van der Waals surface area (Å²) in [5, 5.41) is 10.7. The molecule has 5 aromatic rings. The lowest BCUT2D eigenvalue weighted by atomic mass is 10.2. The molecule has 0 aliphatic carbocycles. The Morgan fingerprint density at radius 3 is 2.61 bits per heavy atom. The molecule has 5 rings (SSSR count). The van der Waals surface area contributed by atoms with Crippen LogP contribution < -0.4 is 4.74 Å². The monoisotopic (exact) mass is 445 g/mol. The molecule has 31 heavy (non-hydrogen) atoms. The van der Waals surface area contributed by atoms with Crippen molar-refractivity contribution in [2.45, 2.75) is 17.7 Å². The molecule has 0 N–H and O–H groups in total. The molecule has 4 aromatic heterocycles. The molecule has 1 aromatic carbocycles. The number of pyridine rings is 1. The van der Waals surface area contributed by atoms with Crippen LogP contribution in [0.4, 0.5) is 0 Å². The van der Waals surface area contributed by atoms with Crippen LogP contribution in [0, 0.1) is 6.92 Å². The van der Waals surface area contributed by atoms with Crippen molar-refractivity contribution < 1.29 is 4.74 Å². The largest absolute Gasteiger partial charge is 0.497 e. The summed E-state index contributed by atoms with van der Waals surface area (Å²) in [6.07, 6.45) is 4.05. The first-order valence-electron chi connectivity index (χ1n) is 9.71. The van der Waals surface area contributed by atoms with Crippen molar-refractivity contribution >= 4 is 28.7 Å². The minimum absolute atomic E-state index is 0.747. The summed E-state index contributed by atoms with van der Waals surface area (Å²) in [7, 11) is 1.67. The predicted octanol–water partition coefficient (Wildman–Crippen LogP) is 5.52. The number of thiazole rings is 1. The number of rotatable bonds is 6. The number of nitrogens with zero attached hydrogens (tertiary/aromatic N) is 5. The van der Waals surface area contributed by atoms with Crippen LogP contribution in [-0.2, 0) is 5.75 Å². The second kappa shape index (κ2) is 8.49. The number of ether oxygens (including phenoxy) is 1. The Kier molecular flexibility index (Phi) is 5.40. The molecule has 0 saturated carbocycles. The van der Waals surface area contributed by atoms with Gasteiger partial charge in [-0.1, -0.05) is 17.8 Å². The van der Waals surface area contributed by atoms with Crippen molar-refractivity contribution in [1.82, 2.24) is 24.6 Å². The van der Waals surface area contributed by atoms with Gasteiger partial charge < -0.3 is 9.14 Å². The fourth-order valence-corrected chi connectivity index (χ4v) is 4.95. The Balaban J connectivity index is 1.30. The van der Waals surface area contributed by atoms with Crippen molar-refractivity contribution in [1.29, 1.82) is 0 Å². The van der Waals surface area contributed by atoms with E-state index in [-0.39, 0.29) is 0 Å². The average molecular weight is 446 g/mol. The van der Waals surface area contributed by atoms with Crippen LogP contribution in [0.3, 0.4) is 0 Å². The molecule has 0 bridgehead atoms. The number of aromatic nitrogens is 5. The van der Waals surface area contributed by atoms with Crippen molar-refractivity contribution in [3.63, 3.8) is 0 Å². The van der Waals surface area contributed by atoms with Gasteiger partial charge in [0.2, 0.25) is 0 Å². The van der Waals surface area contributed by atoms with Crippen LogP contribution in [0.2, 0.25) is 0 Å². The summed E-state index contributed by atoms with van der Waals surface area (Å²) < 4.78 is 7.26. The van der Waals surface area contributed by atoms with E-state index in [4.69, 9.17) is 9.72 Å². The molecule has 154 valence electrons. The van der Waals surface area contributed by atoms with Gasteiger partial charge in [-0.3, -0.25) is 0 Å². The van der Waals surface area contributed by atoms with Crippen LogP contribution in [0.25, 0.3) is 26.8 Å². The number of hydrogen-bond donors (Lipinski definition) is 0. The van der Waals surface area contributed by atoms with Gasteiger partial charge in [-0.15, -0.1) is 21.5 Å². The van der Waals surface area contributed by atoms with E-state index in [1.54, 1.807) is 30.2 Å². The van der Waals surface area contributed by atoms with Gasteiger partial charge >= 0.3 is 0 Å². The lowest BCUT2D eigenvalue weighted by Crippen LogP contribution is -1.90. The molecule has 0 amide bonds. The van der Waals surface area contributed by atoms with Crippen LogP contribution in [0.15, 0.2) is 72.0 Å². The SMILES string of the molecule is COc1ccc(-c2nc(C)c(-c3ccc(SCc4cn5ccccc5n4)nn3)s2)cc1. The molecular weight excluding hydrogens is 426 g/mol. The minimum atomic E-state index is 0.747. The van der Waals surface area contributed by atoms with E-state index in [0.717, 1.165) is 54.7 Å². The standard InChI is InChI=1S/C23H19N5OS2/c1-15-22(31-23(24-15)16-6-8-18(29-2)9-7-16)19-10-11-21(27-26-19)30-14-17-13-28-12-4-3-5-20(28)25-17/h3-13H,14H2,1-2H3. The first-order chi connectivity index (χ1) is 15.2. The molecule has 0 atom stereocenters. The number of imidazole rings is 1. The van der Waals surface area contributed by atoms with Gasteiger partial charge in [0.1, 0.15) is 27.1 Å². The Morgan fingerprint density at radius 2 is 1.87 bits per heavy atom. The van der Waals surface area contributed by atoms with Crippen LogP contribution >= 0.6 is 23.1 Å². The van der Waals surface area contributed by atoms with Crippen LogP contribution in [-0.4, -0.2) is 31.7 Å². The maximum Gasteiger partial charge on any atom is 0.137 e. The summed E-state index contributed by atoms with van der Waals surface area (Å²) in [5.74, 6) is 1.58. The van der Waals surface area contributed by atoms with Gasteiger partial charge in [0.05, 0.1) is 23.4 Å². The highest BCUT2D eigenvalue weighted by Crippen LogP contribution is 2.35. The lowest BCUT2D eigenvalue weighted by molar-refractivity contribution is 0.415. The van der Waals surface area contributed by atoms with Crippen LogP contribution in [0.5, 0.6) is 5.75 Å². The third-order valence-corrected chi connectivity index (χ3v) is 6.97. The highest BCUT2D eigenvalue weighted by Gasteiger charge is 2.13. The number of thioether (sulfide) groups is 1. The van der Waals surface area contributed by atoms with E-state index >= 15 is 0 Å². The zero-order valence-corrected chi connectivity index (χ0v) is 18.7. The summed E-state index contributed by atoms with van der Waals surface area (Å²) in [5.41, 5.74) is 4.83. The maximum absolute atomic E-state index is 5.24. The number of benzene rings is 1. The summed E-state index contributed by atoms with van der Waals surface area (Å²) in [4.78, 5) is 10.4. The van der Waals surface area contributed by atoms with E-state index in [1.807, 2.05) is 78.3 Å². The highest BCUT2D eigenvalue weighted by atomic mass is 32.2. The molecule has 4 heterocycles. The Bertz CT molecular complexity index is 1290. The Hall–Kier alpha value is -3.23. The summed E-state index contributed by atoms with van der Waals surface area (Å²) in [6, 6.07) is 17.9. The number of methoxy groups -OCH3 is 1. The number of aryl methyl sites for hydroxylation is 1. The van der Waals surface area contributed by atoms with E-state index < -0.39 is 0 Å². The predicted molar refractivity (Wildman–Crippen MR) is 125 cm³/mol. The van der Waals surface area contributed by atoms with E-state index in [2.05, 4.69) is 15.2 Å². The molecule has 8 heteroatoms. The molecule has 0 aliphatic rings. The average Bonchev–Trinajstić information content (AvgIpc) is 3.41. The zero-order valence-electron chi connectivity index (χ0n) is 17.0. The summed E-state index contributed by atoms with van der Waals surface area (Å²) in [6.45, 7) is 2.01. The van der Waals surface area contributed by atoms with Crippen molar-refractivity contribution in [3.8, 4) is 26.9 Å². The smallest absolute Gasteiger partial charge is 0.137 e. The maximum atomic E-state index is 5.24. The second-order valence-electron chi connectivity index (χ2n) is 6.91. The lowest BCUT2D eigenvalue weighted by Gasteiger charge is -2.01. The van der Waals surface area contributed by atoms with Gasteiger partial charge in [0.15, 0.2) is 0 Å². The topological polar surface area (TPSA) is 65.2 Å². The van der Waals surface area contributed by atoms with Gasteiger partial charge in [-0.25, -0.2) is 9.97 Å². The van der Waals surface area contributed by atoms with Gasteiger partial charge in [0, 0.05) is 23.7 Å². The van der Waals surface area contributed by atoms with Gasteiger partial charge in [-0.05, 0) is 55.5 Å². The van der Waals surface area contributed by atoms with E-state index in [1.165, 1.54) is 0 Å². The molecule has 0 spiro atoms. The fourth-order valence-electron chi connectivity index (χ4n) is 3.21. The van der Waals surface area contributed by atoms with Crippen molar-refractivity contribution in [3.05, 3.63) is 78.4 Å². The summed E-state index contributed by atoms with van der Waals surface area (Å²) >= 11 is 3.25. The molecule has 0 aliphatic heterocycles. The third kappa shape index (κ3) is 4.17. The second-order valence-corrected chi connectivity index (χ2v) is 8.90. The van der Waals surface area contributed by atoms with E-state index in [9.17, 15) is 0 Å². The third-order valence-electron chi connectivity index (χ3n) is 4.79. The van der Waals surface area contributed by atoms with Crippen molar-refractivity contribution in [2.24, 2.45) is 0 Å². The quantitative estimate of drug-likeness (QED) is 0.321. The van der Waals surface area contributed by atoms with Gasteiger partial charge in [-0.2, -0.15) is 0 Å². The number of fused-ring (bicyclic) bond motifs is 1.